The van der Waals surface area contributed by atoms with Gasteiger partial charge >= 0.3 is 0 Å². The lowest BCUT2D eigenvalue weighted by molar-refractivity contribution is 0.0821. The van der Waals surface area contributed by atoms with Crippen LogP contribution in [0.1, 0.15) is 28.4 Å². The molecule has 148 valence electrons. The molecule has 1 aromatic heterocycles. The van der Waals surface area contributed by atoms with Crippen molar-refractivity contribution in [2.45, 2.75) is 19.6 Å². The average molecular weight is 402 g/mol. The minimum Gasteiger partial charge on any atom is -0.393 e. The van der Waals surface area contributed by atoms with Gasteiger partial charge in [-0.2, -0.15) is 0 Å². The molecule has 2 aromatic rings. The molecule has 0 aliphatic heterocycles. The summed E-state index contributed by atoms with van der Waals surface area (Å²) < 4.78 is 5.65. The molecule has 1 aromatic carbocycles. The van der Waals surface area contributed by atoms with Gasteiger partial charge in [0.15, 0.2) is 0 Å². The Morgan fingerprint density at radius 3 is 2.75 bits per heavy atom. The first-order valence-electron chi connectivity index (χ1n) is 8.71. The third-order valence-electron chi connectivity index (χ3n) is 3.88. The molecule has 0 radical (unpaired) electrons. The molecule has 1 amide bonds. The first-order valence-corrected chi connectivity index (χ1v) is 9.09. The van der Waals surface area contributed by atoms with Crippen LogP contribution in [-0.2, 0) is 11.3 Å². The van der Waals surface area contributed by atoms with E-state index in [0.717, 1.165) is 5.56 Å². The van der Waals surface area contributed by atoms with Crippen LogP contribution in [0.25, 0.3) is 5.57 Å². The summed E-state index contributed by atoms with van der Waals surface area (Å²) >= 11 is 5.86. The van der Waals surface area contributed by atoms with E-state index in [-0.39, 0.29) is 23.3 Å². The fourth-order valence-electron chi connectivity index (χ4n) is 2.46. The number of carbonyl (C=O) groups excluding carboxylic acids is 1. The summed E-state index contributed by atoms with van der Waals surface area (Å²) in [5.74, 6) is -0.215. The van der Waals surface area contributed by atoms with Crippen LogP contribution >= 0.6 is 11.6 Å². The Hall–Kier alpha value is -2.90. The average Bonchev–Trinajstić information content (AvgIpc) is 2.68. The molecule has 1 atom stereocenters. The van der Waals surface area contributed by atoms with Crippen molar-refractivity contribution in [1.29, 1.82) is 5.41 Å². The number of amides is 1. The summed E-state index contributed by atoms with van der Waals surface area (Å²) in [6, 6.07) is 8.79. The molecule has 0 aliphatic rings. The van der Waals surface area contributed by atoms with E-state index in [9.17, 15) is 4.79 Å². The van der Waals surface area contributed by atoms with E-state index in [1.54, 1.807) is 31.4 Å². The van der Waals surface area contributed by atoms with E-state index >= 15 is 0 Å². The summed E-state index contributed by atoms with van der Waals surface area (Å²) in [7, 11) is 1.73. The minimum atomic E-state index is -0.344. The number of halogens is 1. The number of nitrogen functional groups attached to an aromatic ring is 1. The van der Waals surface area contributed by atoms with E-state index in [0.29, 0.717) is 29.4 Å². The summed E-state index contributed by atoms with van der Waals surface area (Å²) in [5.41, 5.74) is 8.33. The van der Waals surface area contributed by atoms with Crippen molar-refractivity contribution in [1.82, 2.24) is 15.6 Å². The van der Waals surface area contributed by atoms with Crippen molar-refractivity contribution in [2.24, 2.45) is 0 Å². The number of allylic oxidation sites excluding steroid dienone is 1. The van der Waals surface area contributed by atoms with Crippen LogP contribution in [0.2, 0.25) is 5.02 Å². The molecule has 0 spiro atoms. The third-order valence-corrected chi connectivity index (χ3v) is 4.13. The molecule has 1 heterocycles. The molecule has 0 saturated heterocycles. The maximum absolute atomic E-state index is 12.6. The zero-order chi connectivity index (χ0) is 20.5. The van der Waals surface area contributed by atoms with Gasteiger partial charge in [0.05, 0.1) is 18.8 Å². The predicted octanol–water partition coefficient (Wildman–Crippen LogP) is 2.86. The van der Waals surface area contributed by atoms with Crippen LogP contribution < -0.4 is 16.4 Å². The lowest BCUT2D eigenvalue weighted by Gasteiger charge is -2.15. The van der Waals surface area contributed by atoms with E-state index in [1.165, 1.54) is 12.4 Å². The minimum absolute atomic E-state index is 0.129. The summed E-state index contributed by atoms with van der Waals surface area (Å²) in [5, 5.41) is 13.9. The highest BCUT2D eigenvalue weighted by Gasteiger charge is 2.15. The van der Waals surface area contributed by atoms with Crippen molar-refractivity contribution in [2.75, 3.05) is 19.4 Å². The smallest absolute Gasteiger partial charge is 0.255 e. The molecule has 1 unspecified atom stereocenters. The standard InChI is InChI=1S/C20H24ClN5O2/c1-13(11-28-12-14-3-5-17(21)6-4-14)26-20(27)18-7-15(10-25-19(18)23)16(8-22)9-24-2/h3-10,13,22,24H,11-12H2,1-2H3,(H2,23,25)(H,26,27)/b16-9+,22-8?. The maximum atomic E-state index is 12.6. The van der Waals surface area contributed by atoms with Gasteiger partial charge in [0, 0.05) is 47.9 Å². The van der Waals surface area contributed by atoms with Gasteiger partial charge in [-0.3, -0.25) is 4.79 Å². The van der Waals surface area contributed by atoms with E-state index in [1.807, 2.05) is 19.1 Å². The first-order chi connectivity index (χ1) is 13.4. The topological polar surface area (TPSA) is 113 Å². The first kappa shape index (κ1) is 21.4. The largest absolute Gasteiger partial charge is 0.393 e. The number of nitrogens with zero attached hydrogens (tertiary/aromatic N) is 1. The molecule has 0 saturated carbocycles. The van der Waals surface area contributed by atoms with Crippen molar-refractivity contribution in [3.05, 3.63) is 64.4 Å². The Morgan fingerprint density at radius 1 is 1.39 bits per heavy atom. The van der Waals surface area contributed by atoms with E-state index < -0.39 is 0 Å². The molecule has 5 N–H and O–H groups in total. The Balaban J connectivity index is 1.96. The number of nitrogens with one attached hydrogen (secondary N) is 3. The Morgan fingerprint density at radius 2 is 2.11 bits per heavy atom. The van der Waals surface area contributed by atoms with Gasteiger partial charge < -0.3 is 26.5 Å². The number of hydrogen-bond acceptors (Lipinski definition) is 6. The number of pyridine rings is 1. The van der Waals surface area contributed by atoms with Gasteiger partial charge in [-0.1, -0.05) is 23.7 Å². The highest BCUT2D eigenvalue weighted by atomic mass is 35.5. The fraction of sp³-hybridized carbons (Fsp3) is 0.250. The number of rotatable bonds is 9. The summed E-state index contributed by atoms with van der Waals surface area (Å²) in [4.78, 5) is 16.6. The Labute approximate surface area is 169 Å². The second-order valence-corrected chi connectivity index (χ2v) is 6.64. The molecule has 7 nitrogen and oxygen atoms in total. The predicted molar refractivity (Wildman–Crippen MR) is 113 cm³/mol. The number of nitrogens with two attached hydrogens (primary N) is 1. The van der Waals surface area contributed by atoms with Crippen molar-refractivity contribution < 1.29 is 9.53 Å². The van der Waals surface area contributed by atoms with Crippen LogP contribution in [0.5, 0.6) is 0 Å². The molecule has 0 bridgehead atoms. The van der Waals surface area contributed by atoms with Gasteiger partial charge in [-0.15, -0.1) is 0 Å². The number of benzene rings is 1. The van der Waals surface area contributed by atoms with Gasteiger partial charge in [-0.25, -0.2) is 4.98 Å². The van der Waals surface area contributed by atoms with E-state index in [2.05, 4.69) is 15.6 Å². The zero-order valence-electron chi connectivity index (χ0n) is 15.8. The van der Waals surface area contributed by atoms with Crippen LogP contribution in [0.4, 0.5) is 5.82 Å². The normalized spacial score (nSPS) is 12.3. The van der Waals surface area contributed by atoms with E-state index in [4.69, 9.17) is 27.5 Å². The second kappa shape index (κ2) is 10.4. The van der Waals surface area contributed by atoms with Crippen LogP contribution in [-0.4, -0.2) is 36.8 Å². The number of aromatic nitrogens is 1. The highest BCUT2D eigenvalue weighted by Crippen LogP contribution is 2.17. The van der Waals surface area contributed by atoms with Crippen molar-refractivity contribution in [3.8, 4) is 0 Å². The fourth-order valence-corrected chi connectivity index (χ4v) is 2.58. The summed E-state index contributed by atoms with van der Waals surface area (Å²) in [6.07, 6.45) is 4.35. The van der Waals surface area contributed by atoms with Crippen LogP contribution in [0.15, 0.2) is 42.7 Å². The SMILES string of the molecule is CN/C=C(\C=N)c1cnc(N)c(C(=O)NC(C)COCc2ccc(Cl)cc2)c1. The Bertz CT molecular complexity index is 852. The number of ether oxygens (including phenoxy) is 1. The number of anilines is 1. The lowest BCUT2D eigenvalue weighted by Crippen LogP contribution is -2.36. The van der Waals surface area contributed by atoms with Gasteiger partial charge in [0.25, 0.3) is 5.91 Å². The lowest BCUT2D eigenvalue weighted by atomic mass is 10.1. The summed E-state index contributed by atoms with van der Waals surface area (Å²) in [6.45, 7) is 2.61. The monoisotopic (exact) mass is 401 g/mol. The van der Waals surface area contributed by atoms with Crippen LogP contribution in [0.3, 0.4) is 0 Å². The quantitative estimate of drug-likeness (QED) is 0.482. The molecule has 8 heteroatoms. The van der Waals surface area contributed by atoms with Gasteiger partial charge in [0.1, 0.15) is 5.82 Å². The molecule has 2 rings (SSSR count). The van der Waals surface area contributed by atoms with Crippen LogP contribution in [0, 0.1) is 5.41 Å². The van der Waals surface area contributed by atoms with Crippen molar-refractivity contribution in [3.63, 3.8) is 0 Å². The maximum Gasteiger partial charge on any atom is 0.255 e. The Kier molecular flexibility index (Phi) is 7.98. The number of carbonyl (C=O) groups is 1. The van der Waals surface area contributed by atoms with Gasteiger partial charge in [0.2, 0.25) is 0 Å². The molecular weight excluding hydrogens is 378 g/mol. The number of hydrogen-bond donors (Lipinski definition) is 4. The molecule has 0 aliphatic carbocycles. The molecular formula is C20H24ClN5O2. The highest BCUT2D eigenvalue weighted by molar-refractivity contribution is 6.30. The zero-order valence-corrected chi connectivity index (χ0v) is 16.6. The third kappa shape index (κ3) is 6.07. The second-order valence-electron chi connectivity index (χ2n) is 6.21. The molecule has 28 heavy (non-hydrogen) atoms. The van der Waals surface area contributed by atoms with Gasteiger partial charge in [-0.05, 0) is 30.7 Å². The van der Waals surface area contributed by atoms with Crippen molar-refractivity contribution >= 4 is 35.1 Å². The molecule has 0 fully saturated rings.